The average molecular weight is 327 g/mol. The number of para-hydroxylation sites is 1. The summed E-state index contributed by atoms with van der Waals surface area (Å²) >= 11 is 0. The Morgan fingerprint density at radius 1 is 1.25 bits per heavy atom. The number of hydrogen-bond donors (Lipinski definition) is 2. The largest absolute Gasteiger partial charge is 0.385 e. The van der Waals surface area contributed by atoms with Crippen LogP contribution >= 0.6 is 0 Å². The lowest BCUT2D eigenvalue weighted by Crippen LogP contribution is -2.25. The molecule has 2 aromatic rings. The van der Waals surface area contributed by atoms with Crippen molar-refractivity contribution in [3.05, 3.63) is 53.7 Å². The van der Waals surface area contributed by atoms with Crippen molar-refractivity contribution in [3.63, 3.8) is 0 Å². The molecule has 0 aliphatic rings. The minimum Gasteiger partial charge on any atom is -0.385 e. The van der Waals surface area contributed by atoms with E-state index in [0.717, 1.165) is 12.1 Å². The summed E-state index contributed by atoms with van der Waals surface area (Å²) in [6.07, 6.45) is 2.44. The second kappa shape index (κ2) is 9.03. The van der Waals surface area contributed by atoms with Gasteiger partial charge in [0.25, 0.3) is 5.91 Å². The predicted octanol–water partition coefficient (Wildman–Crippen LogP) is 3.71. The zero-order valence-corrected chi connectivity index (χ0v) is 14.5. The van der Waals surface area contributed by atoms with Crippen LogP contribution in [0.15, 0.2) is 42.6 Å². The number of pyridine rings is 1. The van der Waals surface area contributed by atoms with Crippen LogP contribution in [0.25, 0.3) is 0 Å². The first-order valence-electron chi connectivity index (χ1n) is 8.21. The van der Waals surface area contributed by atoms with Gasteiger partial charge in [0, 0.05) is 37.7 Å². The summed E-state index contributed by atoms with van der Waals surface area (Å²) in [5.74, 6) is 0.960. The average Bonchev–Trinajstić information content (AvgIpc) is 2.59. The third-order valence-electron chi connectivity index (χ3n) is 3.68. The van der Waals surface area contributed by atoms with Gasteiger partial charge in [0.1, 0.15) is 5.82 Å². The molecule has 0 fully saturated rings. The molecule has 2 rings (SSSR count). The molecule has 0 aliphatic carbocycles. The molecular formula is C19H25N3O2. The van der Waals surface area contributed by atoms with Gasteiger partial charge in [-0.15, -0.1) is 0 Å². The molecule has 1 amide bonds. The van der Waals surface area contributed by atoms with Crippen molar-refractivity contribution in [3.8, 4) is 0 Å². The lowest BCUT2D eigenvalue weighted by Gasteiger charge is -2.14. The van der Waals surface area contributed by atoms with E-state index < -0.39 is 0 Å². The van der Waals surface area contributed by atoms with Crippen molar-refractivity contribution in [1.82, 2.24) is 10.3 Å². The molecule has 1 aromatic heterocycles. The van der Waals surface area contributed by atoms with Crippen molar-refractivity contribution < 1.29 is 9.53 Å². The number of carbonyl (C=O) groups is 1. The van der Waals surface area contributed by atoms with Gasteiger partial charge in [-0.2, -0.15) is 0 Å². The number of ether oxygens (including phenoxy) is 1. The molecule has 1 heterocycles. The Bertz CT molecular complexity index is 671. The number of aromatic nitrogens is 1. The van der Waals surface area contributed by atoms with Gasteiger partial charge in [-0.3, -0.25) is 4.79 Å². The maximum atomic E-state index is 12.2. The van der Waals surface area contributed by atoms with E-state index in [9.17, 15) is 4.79 Å². The maximum absolute atomic E-state index is 12.2. The molecule has 1 aromatic carbocycles. The fourth-order valence-electron chi connectivity index (χ4n) is 2.41. The van der Waals surface area contributed by atoms with Gasteiger partial charge >= 0.3 is 0 Å². The van der Waals surface area contributed by atoms with Gasteiger partial charge in [0.15, 0.2) is 0 Å². The van der Waals surface area contributed by atoms with Crippen LogP contribution in [0, 0.1) is 0 Å². The van der Waals surface area contributed by atoms with E-state index in [4.69, 9.17) is 4.74 Å². The van der Waals surface area contributed by atoms with Crippen LogP contribution in [-0.4, -0.2) is 31.2 Å². The number of benzene rings is 1. The number of hydrogen-bond acceptors (Lipinski definition) is 4. The Morgan fingerprint density at radius 3 is 2.79 bits per heavy atom. The second-order valence-electron chi connectivity index (χ2n) is 5.90. The lowest BCUT2D eigenvalue weighted by molar-refractivity contribution is 0.0948. The minimum atomic E-state index is -0.103. The van der Waals surface area contributed by atoms with Crippen molar-refractivity contribution in [2.75, 3.05) is 25.6 Å². The molecular weight excluding hydrogens is 302 g/mol. The van der Waals surface area contributed by atoms with E-state index in [-0.39, 0.29) is 5.91 Å². The number of methoxy groups -OCH3 is 1. The van der Waals surface area contributed by atoms with Crippen molar-refractivity contribution in [1.29, 1.82) is 0 Å². The molecule has 2 N–H and O–H groups in total. The summed E-state index contributed by atoms with van der Waals surface area (Å²) in [4.78, 5) is 16.5. The fourth-order valence-corrected chi connectivity index (χ4v) is 2.41. The number of anilines is 2. The van der Waals surface area contributed by atoms with Crippen LogP contribution in [0.1, 0.15) is 42.1 Å². The highest BCUT2D eigenvalue weighted by Gasteiger charge is 2.09. The third-order valence-corrected chi connectivity index (χ3v) is 3.68. The number of amides is 1. The van der Waals surface area contributed by atoms with Crippen molar-refractivity contribution >= 4 is 17.4 Å². The highest BCUT2D eigenvalue weighted by atomic mass is 16.5. The molecule has 0 unspecified atom stereocenters. The summed E-state index contributed by atoms with van der Waals surface area (Å²) < 4.78 is 4.97. The zero-order chi connectivity index (χ0) is 17.4. The maximum Gasteiger partial charge on any atom is 0.251 e. The molecule has 128 valence electrons. The molecule has 5 heteroatoms. The summed E-state index contributed by atoms with van der Waals surface area (Å²) in [6.45, 7) is 5.53. The van der Waals surface area contributed by atoms with Gasteiger partial charge in [0.2, 0.25) is 0 Å². The number of nitrogens with one attached hydrogen (secondary N) is 2. The standard InChI is InChI=1S/C19H25N3O2/c1-14(2)16-7-4-5-8-17(16)22-18-13-15(9-11-20-18)19(23)21-10-6-12-24-3/h4-5,7-9,11,13-14H,6,10,12H2,1-3H3,(H,20,22)(H,21,23). The lowest BCUT2D eigenvalue weighted by atomic mass is 10.0. The van der Waals surface area contributed by atoms with Crippen LogP contribution in [0.2, 0.25) is 0 Å². The van der Waals surface area contributed by atoms with Crippen molar-refractivity contribution in [2.45, 2.75) is 26.2 Å². The molecule has 0 saturated carbocycles. The number of nitrogens with zero attached hydrogens (tertiary/aromatic N) is 1. The van der Waals surface area contributed by atoms with Gasteiger partial charge < -0.3 is 15.4 Å². The van der Waals surface area contributed by atoms with Gasteiger partial charge in [0.05, 0.1) is 0 Å². The van der Waals surface area contributed by atoms with Crippen LogP contribution in [0.3, 0.4) is 0 Å². The quantitative estimate of drug-likeness (QED) is 0.726. The van der Waals surface area contributed by atoms with Crippen LogP contribution < -0.4 is 10.6 Å². The van der Waals surface area contributed by atoms with Gasteiger partial charge in [-0.05, 0) is 36.1 Å². The van der Waals surface area contributed by atoms with Crippen LogP contribution in [-0.2, 0) is 4.74 Å². The Kier molecular flexibility index (Phi) is 6.75. The smallest absolute Gasteiger partial charge is 0.251 e. The molecule has 0 spiro atoms. The SMILES string of the molecule is COCCCNC(=O)c1ccnc(Nc2ccccc2C(C)C)c1. The predicted molar refractivity (Wildman–Crippen MR) is 96.9 cm³/mol. The van der Waals surface area contributed by atoms with Gasteiger partial charge in [-0.25, -0.2) is 4.98 Å². The second-order valence-corrected chi connectivity index (χ2v) is 5.90. The van der Waals surface area contributed by atoms with Crippen LogP contribution in [0.5, 0.6) is 0 Å². The molecule has 0 saturated heterocycles. The summed E-state index contributed by atoms with van der Waals surface area (Å²) in [7, 11) is 1.65. The molecule has 24 heavy (non-hydrogen) atoms. The third kappa shape index (κ3) is 5.06. The molecule has 0 aliphatic heterocycles. The van der Waals surface area contributed by atoms with Crippen LogP contribution in [0.4, 0.5) is 11.5 Å². The highest BCUT2D eigenvalue weighted by Crippen LogP contribution is 2.26. The Hall–Kier alpha value is -2.40. The van der Waals surface area contributed by atoms with E-state index in [0.29, 0.717) is 30.5 Å². The number of rotatable bonds is 8. The molecule has 0 atom stereocenters. The Morgan fingerprint density at radius 2 is 2.04 bits per heavy atom. The summed E-state index contributed by atoms with van der Waals surface area (Å²) in [5.41, 5.74) is 2.82. The first-order valence-corrected chi connectivity index (χ1v) is 8.21. The van der Waals surface area contributed by atoms with E-state index in [2.05, 4.69) is 35.5 Å². The fraction of sp³-hybridized carbons (Fsp3) is 0.368. The minimum absolute atomic E-state index is 0.103. The first-order chi connectivity index (χ1) is 11.6. The van der Waals surface area contributed by atoms with Gasteiger partial charge in [-0.1, -0.05) is 32.0 Å². The van der Waals surface area contributed by atoms with E-state index in [1.54, 1.807) is 25.4 Å². The van der Waals surface area contributed by atoms with E-state index in [1.165, 1.54) is 5.56 Å². The van der Waals surface area contributed by atoms with E-state index in [1.807, 2.05) is 18.2 Å². The highest BCUT2D eigenvalue weighted by molar-refractivity contribution is 5.94. The topological polar surface area (TPSA) is 63.2 Å². The zero-order valence-electron chi connectivity index (χ0n) is 14.5. The Labute approximate surface area is 143 Å². The monoisotopic (exact) mass is 327 g/mol. The summed E-state index contributed by atoms with van der Waals surface area (Å²) in [5, 5.41) is 6.19. The molecule has 5 nitrogen and oxygen atoms in total. The normalized spacial score (nSPS) is 10.7. The summed E-state index contributed by atoms with van der Waals surface area (Å²) in [6, 6.07) is 11.6. The first kappa shape index (κ1) is 17.9. The Balaban J connectivity index is 2.07. The van der Waals surface area contributed by atoms with Crippen molar-refractivity contribution in [2.24, 2.45) is 0 Å². The number of carbonyl (C=O) groups excluding carboxylic acids is 1. The molecule has 0 radical (unpaired) electrons. The van der Waals surface area contributed by atoms with E-state index >= 15 is 0 Å². The molecule has 0 bridgehead atoms.